The smallest absolute Gasteiger partial charge is 0.417 e. The van der Waals surface area contributed by atoms with Crippen LogP contribution in [0.4, 0.5) is 28.6 Å². The summed E-state index contributed by atoms with van der Waals surface area (Å²) in [7, 11) is 0. The van der Waals surface area contributed by atoms with Gasteiger partial charge in [-0.1, -0.05) is 30.3 Å². The van der Waals surface area contributed by atoms with Crippen LogP contribution < -0.4 is 10.6 Å². The van der Waals surface area contributed by atoms with Crippen molar-refractivity contribution >= 4 is 56.6 Å². The molecule has 2 aromatic carbocycles. The van der Waals surface area contributed by atoms with Gasteiger partial charge in [-0.05, 0) is 80.4 Å². The number of amides is 2. The van der Waals surface area contributed by atoms with Crippen LogP contribution in [-0.4, -0.2) is 81.7 Å². The maximum atomic E-state index is 14.4. The van der Waals surface area contributed by atoms with E-state index in [4.69, 9.17) is 9.47 Å². The third-order valence-corrected chi connectivity index (χ3v) is 11.7. The van der Waals surface area contributed by atoms with Crippen molar-refractivity contribution in [2.45, 2.75) is 82.3 Å². The van der Waals surface area contributed by atoms with Crippen LogP contribution >= 0.6 is 27.7 Å². The number of ether oxygens (including phenoxy) is 2. The second-order valence-corrected chi connectivity index (χ2v) is 16.0. The second kappa shape index (κ2) is 14.3. The summed E-state index contributed by atoms with van der Waals surface area (Å²) in [5.41, 5.74) is -0.677. The molecule has 50 heavy (non-hydrogen) atoms. The predicted octanol–water partition coefficient (Wildman–Crippen LogP) is 7.71. The van der Waals surface area contributed by atoms with E-state index in [1.807, 2.05) is 42.2 Å². The molecule has 15 heteroatoms. The highest BCUT2D eigenvalue weighted by molar-refractivity contribution is 9.10. The van der Waals surface area contributed by atoms with E-state index in [9.17, 15) is 27.6 Å². The minimum absolute atomic E-state index is 0.0867. The SMILES string of the molecule is C[C@H]1CN(C(=O)OC(C)(C)C)CCN1c1nc(=O)n2c3c(c(Br)c(C(F)(F)F)cc13)SC[C@@H]2CC1CCN(C(=O)OCc2ccccc2)CC1. The van der Waals surface area contributed by atoms with Gasteiger partial charge in [-0.25, -0.2) is 14.4 Å². The quantitative estimate of drug-likeness (QED) is 0.260. The molecule has 0 unspecified atom stereocenters. The number of likely N-dealkylation sites (tertiary alicyclic amines) is 1. The zero-order valence-electron chi connectivity index (χ0n) is 28.5. The monoisotopic (exact) mass is 779 g/mol. The van der Waals surface area contributed by atoms with Gasteiger partial charge in [0.25, 0.3) is 0 Å². The average molecular weight is 781 g/mol. The number of hydrogen-bond donors (Lipinski definition) is 0. The molecule has 2 saturated heterocycles. The van der Waals surface area contributed by atoms with E-state index in [1.54, 1.807) is 35.1 Å². The fourth-order valence-corrected chi connectivity index (χ4v) is 9.07. The van der Waals surface area contributed by atoms with Gasteiger partial charge in [-0.3, -0.25) is 4.57 Å². The van der Waals surface area contributed by atoms with Crippen molar-refractivity contribution in [3.63, 3.8) is 0 Å². The second-order valence-electron chi connectivity index (χ2n) is 14.2. The first kappa shape index (κ1) is 36.3. The summed E-state index contributed by atoms with van der Waals surface area (Å²) in [4.78, 5) is 49.4. The predicted molar refractivity (Wildman–Crippen MR) is 189 cm³/mol. The molecule has 0 radical (unpaired) electrons. The molecule has 6 rings (SSSR count). The minimum atomic E-state index is -4.64. The van der Waals surface area contributed by atoms with Gasteiger partial charge < -0.3 is 24.2 Å². The van der Waals surface area contributed by atoms with E-state index >= 15 is 0 Å². The van der Waals surface area contributed by atoms with Gasteiger partial charge in [0.1, 0.15) is 18.0 Å². The molecule has 0 aliphatic carbocycles. The maximum Gasteiger partial charge on any atom is 0.417 e. The Labute approximate surface area is 301 Å². The van der Waals surface area contributed by atoms with Crippen LogP contribution in [-0.2, 0) is 22.3 Å². The Hall–Kier alpha value is -3.46. The van der Waals surface area contributed by atoms with Crippen molar-refractivity contribution in [2.75, 3.05) is 43.4 Å². The van der Waals surface area contributed by atoms with Crippen LogP contribution in [0.15, 0.2) is 50.6 Å². The molecule has 4 heterocycles. The normalized spacial score (nSPS) is 20.3. The molecule has 0 bridgehead atoms. The Morgan fingerprint density at radius 1 is 1.02 bits per heavy atom. The van der Waals surface area contributed by atoms with Gasteiger partial charge in [0.05, 0.1) is 11.1 Å². The van der Waals surface area contributed by atoms with Gasteiger partial charge in [0.2, 0.25) is 0 Å². The maximum absolute atomic E-state index is 14.4. The summed E-state index contributed by atoms with van der Waals surface area (Å²) in [5, 5.41) is 0.251. The fourth-order valence-electron chi connectivity index (χ4n) is 6.97. The zero-order valence-corrected chi connectivity index (χ0v) is 30.9. The first-order valence-electron chi connectivity index (χ1n) is 16.8. The number of piperidine rings is 1. The molecule has 0 saturated carbocycles. The average Bonchev–Trinajstić information content (AvgIpc) is 3.05. The molecule has 2 atom stereocenters. The number of halogens is 4. The van der Waals surface area contributed by atoms with Crippen LogP contribution in [0.2, 0.25) is 0 Å². The topological polar surface area (TPSA) is 97.2 Å². The number of carbonyl (C=O) groups is 2. The summed E-state index contributed by atoms with van der Waals surface area (Å²) in [6.07, 6.45) is -3.41. The van der Waals surface area contributed by atoms with E-state index in [2.05, 4.69) is 20.9 Å². The highest BCUT2D eigenvalue weighted by Crippen LogP contribution is 2.49. The molecular formula is C35H41BrF3N5O5S. The minimum Gasteiger partial charge on any atom is -0.445 e. The fraction of sp³-hybridized carbons (Fsp3) is 0.543. The number of aromatic nitrogens is 2. The van der Waals surface area contributed by atoms with Crippen LogP contribution in [0.3, 0.4) is 0 Å². The van der Waals surface area contributed by atoms with Gasteiger partial charge in [0.15, 0.2) is 0 Å². The Morgan fingerprint density at radius 3 is 2.36 bits per heavy atom. The summed E-state index contributed by atoms with van der Waals surface area (Å²) >= 11 is 4.55. The number of anilines is 1. The molecule has 3 aromatic rings. The van der Waals surface area contributed by atoms with Crippen molar-refractivity contribution in [2.24, 2.45) is 5.92 Å². The lowest BCUT2D eigenvalue weighted by Gasteiger charge is -2.41. The third kappa shape index (κ3) is 7.73. The lowest BCUT2D eigenvalue weighted by atomic mass is 9.90. The number of benzene rings is 2. The lowest BCUT2D eigenvalue weighted by Crippen LogP contribution is -2.55. The van der Waals surface area contributed by atoms with Crippen LogP contribution in [0.5, 0.6) is 0 Å². The molecule has 3 aliphatic rings. The highest BCUT2D eigenvalue weighted by atomic mass is 79.9. The third-order valence-electron chi connectivity index (χ3n) is 9.41. The molecule has 10 nitrogen and oxygen atoms in total. The number of hydrogen-bond acceptors (Lipinski definition) is 8. The van der Waals surface area contributed by atoms with E-state index in [-0.39, 0.29) is 66.0 Å². The Balaban J connectivity index is 1.24. The van der Waals surface area contributed by atoms with Gasteiger partial charge in [-0.15, -0.1) is 11.8 Å². The Kier molecular flexibility index (Phi) is 10.4. The molecular weight excluding hydrogens is 739 g/mol. The number of piperazine rings is 1. The zero-order chi connectivity index (χ0) is 36.0. The summed E-state index contributed by atoms with van der Waals surface area (Å²) in [5.74, 6) is 0.786. The number of rotatable bonds is 5. The van der Waals surface area contributed by atoms with Gasteiger partial charge in [-0.2, -0.15) is 18.2 Å². The highest BCUT2D eigenvalue weighted by Gasteiger charge is 2.40. The number of carbonyl (C=O) groups excluding carboxylic acids is 2. The van der Waals surface area contributed by atoms with E-state index in [1.165, 1.54) is 11.8 Å². The van der Waals surface area contributed by atoms with Crippen molar-refractivity contribution < 1.29 is 32.2 Å². The molecule has 3 aliphatic heterocycles. The first-order valence-corrected chi connectivity index (χ1v) is 18.6. The van der Waals surface area contributed by atoms with Crippen molar-refractivity contribution in [1.82, 2.24) is 19.4 Å². The van der Waals surface area contributed by atoms with Crippen LogP contribution in [0.1, 0.15) is 64.1 Å². The summed E-state index contributed by atoms with van der Waals surface area (Å²) < 4.78 is 55.7. The van der Waals surface area contributed by atoms with E-state index in [0.29, 0.717) is 48.5 Å². The molecule has 2 amide bonds. The lowest BCUT2D eigenvalue weighted by molar-refractivity contribution is -0.138. The first-order chi connectivity index (χ1) is 23.6. The molecule has 270 valence electrons. The van der Waals surface area contributed by atoms with E-state index in [0.717, 1.165) is 11.6 Å². The van der Waals surface area contributed by atoms with Crippen LogP contribution in [0.25, 0.3) is 10.9 Å². The van der Waals surface area contributed by atoms with E-state index < -0.39 is 29.1 Å². The number of alkyl halides is 3. The van der Waals surface area contributed by atoms with Crippen molar-refractivity contribution in [3.8, 4) is 0 Å². The standard InChI is InChI=1S/C35H41BrF3N5O5S/c1-21-18-42(33(47)49-34(2,3)4)14-15-43(21)30-25-17-26(35(37,38)39)27(36)29-28(25)44(31(45)40-30)24(20-50-29)16-22-10-12-41(13-11-22)32(46)48-19-23-8-6-5-7-9-23/h5-9,17,21-22,24H,10-16,18-20H2,1-4H3/t21-,24-/m0/s1. The molecule has 0 N–H and O–H groups in total. The van der Waals surface area contributed by atoms with Gasteiger partial charge in [0, 0.05) is 65.3 Å². The largest absolute Gasteiger partial charge is 0.445 e. The number of nitrogens with zero attached hydrogens (tertiary/aromatic N) is 5. The summed E-state index contributed by atoms with van der Waals surface area (Å²) in [6, 6.07) is 9.93. The Bertz CT molecular complexity index is 1810. The number of thioether (sulfide) groups is 1. The van der Waals surface area contributed by atoms with Crippen molar-refractivity contribution in [3.05, 3.63) is 62.5 Å². The Morgan fingerprint density at radius 2 is 1.72 bits per heavy atom. The molecule has 1 aromatic heterocycles. The van der Waals surface area contributed by atoms with Crippen molar-refractivity contribution in [1.29, 1.82) is 0 Å². The summed E-state index contributed by atoms with van der Waals surface area (Å²) in [6.45, 7) is 9.22. The molecule has 2 fully saturated rings. The van der Waals surface area contributed by atoms with Crippen LogP contribution in [0, 0.1) is 5.92 Å². The van der Waals surface area contributed by atoms with Gasteiger partial charge >= 0.3 is 24.1 Å². The molecule has 0 spiro atoms.